The molecule has 142 valence electrons. The lowest BCUT2D eigenvalue weighted by atomic mass is 10.2. The van der Waals surface area contributed by atoms with E-state index in [1.165, 1.54) is 31.4 Å². The maximum absolute atomic E-state index is 13.0. The molecule has 0 saturated carbocycles. The molecule has 0 bridgehead atoms. The van der Waals surface area contributed by atoms with Crippen LogP contribution in [0.25, 0.3) is 0 Å². The van der Waals surface area contributed by atoms with Crippen LogP contribution in [0.15, 0.2) is 47.6 Å². The normalized spacial score (nSPS) is 15.1. The highest BCUT2D eigenvalue weighted by Gasteiger charge is 2.14. The zero-order chi connectivity index (χ0) is 19.2. The number of carbonyl (C=O) groups is 1. The van der Waals surface area contributed by atoms with Gasteiger partial charge in [-0.05, 0) is 55.1 Å². The molecule has 0 aromatic heterocycles. The Balaban J connectivity index is 1.68. The first kappa shape index (κ1) is 18.8. The van der Waals surface area contributed by atoms with Crippen molar-refractivity contribution in [2.45, 2.75) is 0 Å². The number of ether oxygens (including phenoxy) is 2. The van der Waals surface area contributed by atoms with Gasteiger partial charge in [0.2, 0.25) is 0 Å². The predicted octanol–water partition coefficient (Wildman–Crippen LogP) is 2.63. The minimum Gasteiger partial charge on any atom is -0.493 e. The molecule has 0 spiro atoms. The van der Waals surface area contributed by atoms with E-state index in [1.54, 1.807) is 24.4 Å². The first-order chi connectivity index (χ1) is 13.0. The average molecular weight is 371 g/mol. The summed E-state index contributed by atoms with van der Waals surface area (Å²) in [5, 5.41) is 6.52. The van der Waals surface area contributed by atoms with E-state index in [4.69, 9.17) is 9.47 Å². The molecule has 7 heteroatoms. The van der Waals surface area contributed by atoms with Crippen LogP contribution < -0.4 is 9.47 Å². The fourth-order valence-corrected chi connectivity index (χ4v) is 2.65. The van der Waals surface area contributed by atoms with E-state index in [1.807, 2.05) is 5.01 Å². The second kappa shape index (κ2) is 8.64. The van der Waals surface area contributed by atoms with Gasteiger partial charge in [-0.15, -0.1) is 0 Å². The number of benzene rings is 2. The Morgan fingerprint density at radius 2 is 1.78 bits per heavy atom. The fraction of sp³-hybridized carbons (Fsp3) is 0.300. The van der Waals surface area contributed by atoms with Crippen molar-refractivity contribution in [3.63, 3.8) is 0 Å². The van der Waals surface area contributed by atoms with Gasteiger partial charge in [0.1, 0.15) is 5.82 Å². The third-order valence-electron chi connectivity index (χ3n) is 4.32. The number of carbonyl (C=O) groups excluding carboxylic acids is 1. The number of hydrogen-bond donors (Lipinski definition) is 0. The largest absolute Gasteiger partial charge is 0.493 e. The van der Waals surface area contributed by atoms with Crippen molar-refractivity contribution in [2.75, 3.05) is 40.3 Å². The van der Waals surface area contributed by atoms with E-state index < -0.39 is 11.8 Å². The van der Waals surface area contributed by atoms with Gasteiger partial charge in [0, 0.05) is 26.2 Å². The highest BCUT2D eigenvalue weighted by atomic mass is 19.1. The average Bonchev–Trinajstić information content (AvgIpc) is 2.68. The fourth-order valence-electron chi connectivity index (χ4n) is 2.65. The minimum absolute atomic E-state index is 0.263. The molecule has 27 heavy (non-hydrogen) atoms. The zero-order valence-corrected chi connectivity index (χ0v) is 15.4. The number of hydrazone groups is 1. The number of esters is 1. The molecule has 1 saturated heterocycles. The van der Waals surface area contributed by atoms with E-state index in [0.29, 0.717) is 11.5 Å². The van der Waals surface area contributed by atoms with Crippen LogP contribution in [-0.4, -0.2) is 62.4 Å². The molecule has 1 aliphatic rings. The Morgan fingerprint density at radius 3 is 2.44 bits per heavy atom. The Kier molecular flexibility index (Phi) is 6.03. The summed E-state index contributed by atoms with van der Waals surface area (Å²) in [7, 11) is 3.60. The minimum atomic E-state index is -0.577. The Bertz CT molecular complexity index is 816. The van der Waals surface area contributed by atoms with Crippen LogP contribution in [0.3, 0.4) is 0 Å². The molecule has 3 rings (SSSR count). The maximum atomic E-state index is 13.0. The first-order valence-corrected chi connectivity index (χ1v) is 8.68. The molecule has 0 aliphatic carbocycles. The van der Waals surface area contributed by atoms with E-state index in [9.17, 15) is 9.18 Å². The van der Waals surface area contributed by atoms with Crippen molar-refractivity contribution in [2.24, 2.45) is 5.10 Å². The number of nitrogens with zero attached hydrogens (tertiary/aromatic N) is 3. The number of likely N-dealkylation sites (N-methyl/N-ethyl adjacent to an activating group) is 1. The second-order valence-electron chi connectivity index (χ2n) is 6.31. The number of halogens is 1. The molecule has 0 atom stereocenters. The Labute approximate surface area is 157 Å². The summed E-state index contributed by atoms with van der Waals surface area (Å²) in [6.45, 7) is 3.74. The van der Waals surface area contributed by atoms with Crippen LogP contribution >= 0.6 is 0 Å². The van der Waals surface area contributed by atoms with Crippen molar-refractivity contribution in [1.82, 2.24) is 9.91 Å². The molecule has 2 aromatic carbocycles. The Morgan fingerprint density at radius 1 is 1.07 bits per heavy atom. The van der Waals surface area contributed by atoms with Crippen molar-refractivity contribution in [1.29, 1.82) is 0 Å². The third kappa shape index (κ3) is 5.04. The lowest BCUT2D eigenvalue weighted by molar-refractivity contribution is 0.0729. The number of methoxy groups -OCH3 is 1. The van der Waals surface area contributed by atoms with Gasteiger partial charge in [-0.3, -0.25) is 5.01 Å². The molecule has 0 N–H and O–H groups in total. The van der Waals surface area contributed by atoms with Gasteiger partial charge in [-0.2, -0.15) is 5.10 Å². The van der Waals surface area contributed by atoms with Gasteiger partial charge in [0.15, 0.2) is 11.5 Å². The molecule has 2 aromatic rings. The molecular formula is C20H22FN3O3. The summed E-state index contributed by atoms with van der Waals surface area (Å²) in [5.41, 5.74) is 1.10. The monoisotopic (exact) mass is 371 g/mol. The van der Waals surface area contributed by atoms with Crippen molar-refractivity contribution in [3.8, 4) is 11.5 Å². The topological polar surface area (TPSA) is 54.4 Å². The quantitative estimate of drug-likeness (QED) is 0.459. The lowest BCUT2D eigenvalue weighted by Gasteiger charge is -2.30. The summed E-state index contributed by atoms with van der Waals surface area (Å²) in [4.78, 5) is 14.5. The third-order valence-corrected chi connectivity index (χ3v) is 4.32. The van der Waals surface area contributed by atoms with Crippen LogP contribution in [0.2, 0.25) is 0 Å². The van der Waals surface area contributed by atoms with Gasteiger partial charge in [-0.1, -0.05) is 0 Å². The van der Waals surface area contributed by atoms with Gasteiger partial charge in [0.05, 0.1) is 18.9 Å². The predicted molar refractivity (Wildman–Crippen MR) is 101 cm³/mol. The lowest BCUT2D eigenvalue weighted by Crippen LogP contribution is -2.41. The highest BCUT2D eigenvalue weighted by molar-refractivity contribution is 5.91. The van der Waals surface area contributed by atoms with E-state index in [-0.39, 0.29) is 5.56 Å². The van der Waals surface area contributed by atoms with Crippen LogP contribution in [-0.2, 0) is 0 Å². The van der Waals surface area contributed by atoms with Gasteiger partial charge >= 0.3 is 5.97 Å². The number of hydrogen-bond acceptors (Lipinski definition) is 6. The SMILES string of the molecule is COc1cc(/C=N\N2CCN(C)CC2)ccc1OC(=O)c1ccc(F)cc1. The summed E-state index contributed by atoms with van der Waals surface area (Å²) in [6.07, 6.45) is 1.76. The van der Waals surface area contributed by atoms with Crippen LogP contribution in [0, 0.1) is 5.82 Å². The molecule has 0 unspecified atom stereocenters. The smallest absolute Gasteiger partial charge is 0.343 e. The van der Waals surface area contributed by atoms with Gasteiger partial charge in [-0.25, -0.2) is 9.18 Å². The van der Waals surface area contributed by atoms with Crippen LogP contribution in [0.5, 0.6) is 11.5 Å². The van der Waals surface area contributed by atoms with Crippen molar-refractivity contribution in [3.05, 3.63) is 59.4 Å². The summed E-state index contributed by atoms with van der Waals surface area (Å²) in [5.74, 6) is -0.267. The molecule has 1 heterocycles. The van der Waals surface area contributed by atoms with Crippen LogP contribution in [0.4, 0.5) is 4.39 Å². The zero-order valence-electron chi connectivity index (χ0n) is 15.4. The standard InChI is InChI=1S/C20H22FN3O3/c1-23-9-11-24(12-10-23)22-14-15-3-8-18(19(13-15)26-2)27-20(25)16-4-6-17(21)7-5-16/h3-8,13-14H,9-12H2,1-2H3/b22-14-. The van der Waals surface area contributed by atoms with Crippen LogP contribution in [0.1, 0.15) is 15.9 Å². The maximum Gasteiger partial charge on any atom is 0.343 e. The molecule has 0 amide bonds. The summed E-state index contributed by atoms with van der Waals surface area (Å²) >= 11 is 0. The second-order valence-corrected chi connectivity index (χ2v) is 6.31. The highest BCUT2D eigenvalue weighted by Crippen LogP contribution is 2.28. The molecule has 0 radical (unpaired) electrons. The molecular weight excluding hydrogens is 349 g/mol. The van der Waals surface area contributed by atoms with Gasteiger partial charge < -0.3 is 14.4 Å². The van der Waals surface area contributed by atoms with E-state index in [2.05, 4.69) is 17.0 Å². The number of rotatable bonds is 5. The summed E-state index contributed by atoms with van der Waals surface area (Å²) < 4.78 is 23.7. The Hall–Kier alpha value is -2.93. The molecule has 6 nitrogen and oxygen atoms in total. The van der Waals surface area contributed by atoms with Gasteiger partial charge in [0.25, 0.3) is 0 Å². The first-order valence-electron chi connectivity index (χ1n) is 8.68. The number of piperazine rings is 1. The van der Waals surface area contributed by atoms with E-state index in [0.717, 1.165) is 31.7 Å². The van der Waals surface area contributed by atoms with Crippen molar-refractivity contribution < 1.29 is 18.7 Å². The van der Waals surface area contributed by atoms with Crippen molar-refractivity contribution >= 4 is 12.2 Å². The molecule has 1 aliphatic heterocycles. The molecule has 1 fully saturated rings. The van der Waals surface area contributed by atoms with E-state index >= 15 is 0 Å². The summed E-state index contributed by atoms with van der Waals surface area (Å²) in [6, 6.07) is 10.4.